The van der Waals surface area contributed by atoms with Crippen molar-refractivity contribution < 1.29 is 14.3 Å². The maximum atomic E-state index is 13.3. The first-order chi connectivity index (χ1) is 13.1. The summed E-state index contributed by atoms with van der Waals surface area (Å²) < 4.78 is 5.43. The first kappa shape index (κ1) is 18.7. The van der Waals surface area contributed by atoms with E-state index in [1.54, 1.807) is 12.0 Å². The van der Waals surface area contributed by atoms with Crippen LogP contribution >= 0.6 is 0 Å². The summed E-state index contributed by atoms with van der Waals surface area (Å²) in [7, 11) is 1.62. The minimum absolute atomic E-state index is 0.0463. The molecule has 0 saturated carbocycles. The molecule has 0 aromatic heterocycles. The zero-order chi connectivity index (χ0) is 19.2. The molecule has 0 radical (unpaired) electrons. The third-order valence-electron chi connectivity index (χ3n) is 4.94. The van der Waals surface area contributed by atoms with Gasteiger partial charge in [-0.3, -0.25) is 9.59 Å². The van der Waals surface area contributed by atoms with E-state index in [9.17, 15) is 9.59 Å². The molecule has 0 aliphatic carbocycles. The van der Waals surface area contributed by atoms with Gasteiger partial charge in [-0.1, -0.05) is 48.5 Å². The number of piperidine rings is 1. The number of nitrogens with zero attached hydrogens (tertiary/aromatic N) is 1. The molecule has 0 atom stereocenters. The van der Waals surface area contributed by atoms with Crippen molar-refractivity contribution in [2.75, 3.05) is 20.2 Å². The van der Waals surface area contributed by atoms with E-state index in [-0.39, 0.29) is 17.7 Å². The molecular weight excluding hydrogens is 340 g/mol. The number of primary amides is 1. The van der Waals surface area contributed by atoms with E-state index in [2.05, 4.69) is 0 Å². The first-order valence-electron chi connectivity index (χ1n) is 9.09. The lowest BCUT2D eigenvalue weighted by Gasteiger charge is -2.31. The van der Waals surface area contributed by atoms with Gasteiger partial charge in [0.25, 0.3) is 5.91 Å². The van der Waals surface area contributed by atoms with Crippen molar-refractivity contribution >= 4 is 23.5 Å². The molecule has 1 heterocycles. The summed E-state index contributed by atoms with van der Waals surface area (Å²) in [6, 6.07) is 17.2. The van der Waals surface area contributed by atoms with Crippen LogP contribution in [-0.2, 0) is 9.59 Å². The van der Waals surface area contributed by atoms with Gasteiger partial charge in [-0.15, -0.1) is 0 Å². The number of benzene rings is 2. The van der Waals surface area contributed by atoms with Crippen LogP contribution < -0.4 is 10.5 Å². The van der Waals surface area contributed by atoms with E-state index in [1.807, 2.05) is 60.7 Å². The summed E-state index contributed by atoms with van der Waals surface area (Å²) >= 11 is 0. The van der Waals surface area contributed by atoms with Crippen molar-refractivity contribution in [1.82, 2.24) is 4.90 Å². The molecule has 2 N–H and O–H groups in total. The Labute approximate surface area is 159 Å². The van der Waals surface area contributed by atoms with Gasteiger partial charge in [-0.2, -0.15) is 0 Å². The van der Waals surface area contributed by atoms with Gasteiger partial charge in [0.2, 0.25) is 5.91 Å². The second-order valence-electron chi connectivity index (χ2n) is 6.63. The number of hydrogen-bond donors (Lipinski definition) is 1. The van der Waals surface area contributed by atoms with Gasteiger partial charge in [0.05, 0.1) is 7.11 Å². The largest absolute Gasteiger partial charge is 0.496 e. The van der Waals surface area contributed by atoms with Crippen molar-refractivity contribution in [2.24, 2.45) is 11.7 Å². The number of hydrogen-bond acceptors (Lipinski definition) is 3. The fourth-order valence-corrected chi connectivity index (χ4v) is 3.36. The summed E-state index contributed by atoms with van der Waals surface area (Å²) in [5, 5.41) is 0. The molecule has 1 aliphatic heterocycles. The molecule has 140 valence electrons. The molecule has 27 heavy (non-hydrogen) atoms. The number of amides is 2. The van der Waals surface area contributed by atoms with Crippen molar-refractivity contribution in [3.8, 4) is 5.75 Å². The van der Waals surface area contributed by atoms with E-state index < -0.39 is 0 Å². The Hall–Kier alpha value is -3.08. The number of nitrogens with two attached hydrogens (primary N) is 1. The molecule has 1 aliphatic rings. The number of methoxy groups -OCH3 is 1. The van der Waals surface area contributed by atoms with E-state index >= 15 is 0 Å². The molecule has 3 rings (SSSR count). The average Bonchev–Trinajstić information content (AvgIpc) is 2.72. The zero-order valence-corrected chi connectivity index (χ0v) is 15.4. The standard InChI is InChI=1S/C22H24N2O3/c1-27-20-10-6-5-9-18(20)15-19(16-7-3-2-4-8-16)22(26)24-13-11-17(12-14-24)21(23)25/h2-10,15,17H,11-14H2,1H3,(H2,23,25). The summed E-state index contributed by atoms with van der Waals surface area (Å²) in [5.74, 6) is 0.239. The summed E-state index contributed by atoms with van der Waals surface area (Å²) in [6.45, 7) is 1.06. The zero-order valence-electron chi connectivity index (χ0n) is 15.4. The van der Waals surface area contributed by atoms with Gasteiger partial charge >= 0.3 is 0 Å². The monoisotopic (exact) mass is 364 g/mol. The highest BCUT2D eigenvalue weighted by atomic mass is 16.5. The second-order valence-corrected chi connectivity index (χ2v) is 6.63. The summed E-state index contributed by atoms with van der Waals surface area (Å²) in [4.78, 5) is 26.5. The van der Waals surface area contributed by atoms with Crippen molar-refractivity contribution in [2.45, 2.75) is 12.8 Å². The molecule has 1 saturated heterocycles. The maximum absolute atomic E-state index is 13.3. The predicted octanol–water partition coefficient (Wildman–Crippen LogP) is 2.96. The Balaban J connectivity index is 1.93. The molecule has 1 fully saturated rings. The van der Waals surface area contributed by atoms with E-state index in [4.69, 9.17) is 10.5 Å². The number of para-hydroxylation sites is 1. The van der Waals surface area contributed by atoms with Crippen LogP contribution in [0.4, 0.5) is 0 Å². The van der Waals surface area contributed by atoms with Crippen LogP contribution in [0.1, 0.15) is 24.0 Å². The molecule has 0 unspecified atom stereocenters. The number of rotatable bonds is 5. The van der Waals surface area contributed by atoms with Gasteiger partial charge in [0.1, 0.15) is 5.75 Å². The normalized spacial score (nSPS) is 15.4. The molecule has 5 nitrogen and oxygen atoms in total. The van der Waals surface area contributed by atoms with Crippen LogP contribution in [0.25, 0.3) is 11.6 Å². The second kappa shape index (κ2) is 8.54. The van der Waals surface area contributed by atoms with Crippen LogP contribution in [0, 0.1) is 5.92 Å². The smallest absolute Gasteiger partial charge is 0.254 e. The fraction of sp³-hybridized carbons (Fsp3) is 0.273. The highest BCUT2D eigenvalue weighted by Crippen LogP contribution is 2.27. The molecule has 5 heteroatoms. The SMILES string of the molecule is COc1ccccc1C=C(C(=O)N1CCC(C(N)=O)CC1)c1ccccc1. The van der Waals surface area contributed by atoms with Crippen LogP contribution in [0.15, 0.2) is 54.6 Å². The highest BCUT2D eigenvalue weighted by molar-refractivity contribution is 6.24. The lowest BCUT2D eigenvalue weighted by atomic mass is 9.94. The Kier molecular flexibility index (Phi) is 5.91. The predicted molar refractivity (Wildman–Crippen MR) is 106 cm³/mol. The lowest BCUT2D eigenvalue weighted by Crippen LogP contribution is -2.42. The number of carbonyl (C=O) groups excluding carboxylic acids is 2. The molecule has 0 bridgehead atoms. The quantitative estimate of drug-likeness (QED) is 0.655. The molecule has 0 spiro atoms. The third-order valence-corrected chi connectivity index (χ3v) is 4.94. The topological polar surface area (TPSA) is 72.6 Å². The minimum Gasteiger partial charge on any atom is -0.496 e. The van der Waals surface area contributed by atoms with Crippen LogP contribution in [0.2, 0.25) is 0 Å². The third kappa shape index (κ3) is 4.37. The Morgan fingerprint density at radius 3 is 2.30 bits per heavy atom. The first-order valence-corrected chi connectivity index (χ1v) is 9.09. The van der Waals surface area contributed by atoms with Gasteiger partial charge in [0.15, 0.2) is 0 Å². The van der Waals surface area contributed by atoms with Crippen molar-refractivity contribution in [1.29, 1.82) is 0 Å². The molecule has 2 aromatic rings. The lowest BCUT2D eigenvalue weighted by molar-refractivity contribution is -0.130. The number of carbonyl (C=O) groups is 2. The van der Waals surface area contributed by atoms with Crippen LogP contribution in [0.5, 0.6) is 5.75 Å². The van der Waals surface area contributed by atoms with Crippen LogP contribution in [-0.4, -0.2) is 36.9 Å². The minimum atomic E-state index is -0.282. The summed E-state index contributed by atoms with van der Waals surface area (Å²) in [5.41, 5.74) is 7.71. The van der Waals surface area contributed by atoms with Crippen molar-refractivity contribution in [3.63, 3.8) is 0 Å². The van der Waals surface area contributed by atoms with E-state index in [0.29, 0.717) is 37.3 Å². The van der Waals surface area contributed by atoms with Crippen molar-refractivity contribution in [3.05, 3.63) is 65.7 Å². The van der Waals surface area contributed by atoms with Gasteiger partial charge in [0, 0.05) is 30.1 Å². The van der Waals surface area contributed by atoms with Gasteiger partial charge < -0.3 is 15.4 Å². The summed E-state index contributed by atoms with van der Waals surface area (Å²) in [6.07, 6.45) is 3.09. The van der Waals surface area contributed by atoms with E-state index in [1.165, 1.54) is 0 Å². The van der Waals surface area contributed by atoms with Crippen LogP contribution in [0.3, 0.4) is 0 Å². The molecule has 2 amide bonds. The van der Waals surface area contributed by atoms with Gasteiger partial charge in [-0.25, -0.2) is 0 Å². The Morgan fingerprint density at radius 1 is 1.04 bits per heavy atom. The number of ether oxygens (including phenoxy) is 1. The van der Waals surface area contributed by atoms with Gasteiger partial charge in [-0.05, 0) is 30.5 Å². The Morgan fingerprint density at radius 2 is 1.67 bits per heavy atom. The molecule has 2 aromatic carbocycles. The number of likely N-dealkylation sites (tertiary alicyclic amines) is 1. The highest BCUT2D eigenvalue weighted by Gasteiger charge is 2.28. The molecular formula is C22H24N2O3. The average molecular weight is 364 g/mol. The van der Waals surface area contributed by atoms with E-state index in [0.717, 1.165) is 11.1 Å². The maximum Gasteiger partial charge on any atom is 0.254 e. The Bertz CT molecular complexity index is 838. The fourth-order valence-electron chi connectivity index (χ4n) is 3.36.